The summed E-state index contributed by atoms with van der Waals surface area (Å²) in [5.41, 5.74) is 0.508. The number of anilines is 1. The van der Waals surface area contributed by atoms with Crippen LogP contribution in [0.15, 0.2) is 6.07 Å². The van der Waals surface area contributed by atoms with Gasteiger partial charge < -0.3 is 20.1 Å². The van der Waals surface area contributed by atoms with Crippen molar-refractivity contribution in [3.63, 3.8) is 0 Å². The van der Waals surface area contributed by atoms with E-state index in [0.29, 0.717) is 15.7 Å². The molecular formula is C14H20N2O3S2. The molecule has 1 aromatic heterocycles. The molecule has 2 atom stereocenters. The second-order valence-corrected chi connectivity index (χ2v) is 6.69. The molecule has 0 saturated carbocycles. The minimum absolute atomic E-state index is 0.134. The molecule has 0 bridgehead atoms. The predicted octanol–water partition coefficient (Wildman–Crippen LogP) is 2.70. The Labute approximate surface area is 134 Å². The number of nitrogens with one attached hydrogen (secondary N) is 2. The van der Waals surface area contributed by atoms with Gasteiger partial charge in [0.25, 0.3) is 0 Å². The SMILES string of the molecule is COC(=O)c1cc(C)sc1NC(=S)NC(C)C1CCCO1. The van der Waals surface area contributed by atoms with Crippen molar-refractivity contribution < 1.29 is 14.3 Å². The summed E-state index contributed by atoms with van der Waals surface area (Å²) < 4.78 is 10.4. The van der Waals surface area contributed by atoms with Gasteiger partial charge in [0.15, 0.2) is 5.11 Å². The van der Waals surface area contributed by atoms with Crippen LogP contribution in [0.4, 0.5) is 5.00 Å². The number of carbonyl (C=O) groups excluding carboxylic acids is 1. The molecule has 5 nitrogen and oxygen atoms in total. The fourth-order valence-corrected chi connectivity index (χ4v) is 3.56. The molecule has 1 aliphatic rings. The first-order valence-corrected chi connectivity index (χ1v) is 8.11. The zero-order valence-electron chi connectivity index (χ0n) is 12.4. The zero-order valence-corrected chi connectivity index (χ0v) is 14.0. The van der Waals surface area contributed by atoms with Crippen molar-refractivity contribution in [3.8, 4) is 0 Å². The standard InChI is InChI=1S/C14H20N2O3S2/c1-8-7-10(13(17)18-3)12(21-8)16-14(20)15-9(2)11-5-4-6-19-11/h7,9,11H,4-6H2,1-3H3,(H2,15,16,20). The molecule has 2 heterocycles. The summed E-state index contributed by atoms with van der Waals surface area (Å²) in [7, 11) is 1.37. The molecule has 116 valence electrons. The number of thiocarbonyl (C=S) groups is 1. The van der Waals surface area contributed by atoms with Gasteiger partial charge in [-0.25, -0.2) is 4.79 Å². The van der Waals surface area contributed by atoms with Gasteiger partial charge in [-0.1, -0.05) is 0 Å². The minimum Gasteiger partial charge on any atom is -0.465 e. The Bertz CT molecular complexity index is 524. The Hall–Kier alpha value is -1.18. The van der Waals surface area contributed by atoms with Gasteiger partial charge in [-0.15, -0.1) is 11.3 Å². The van der Waals surface area contributed by atoms with Crippen LogP contribution < -0.4 is 10.6 Å². The third kappa shape index (κ3) is 4.15. The van der Waals surface area contributed by atoms with E-state index in [-0.39, 0.29) is 18.1 Å². The normalized spacial score (nSPS) is 19.1. The third-order valence-corrected chi connectivity index (χ3v) is 4.55. The average Bonchev–Trinajstić information content (AvgIpc) is 3.07. The molecule has 0 radical (unpaired) electrons. The monoisotopic (exact) mass is 328 g/mol. The highest BCUT2D eigenvalue weighted by Crippen LogP contribution is 2.28. The highest BCUT2D eigenvalue weighted by molar-refractivity contribution is 7.80. The van der Waals surface area contributed by atoms with E-state index in [0.717, 1.165) is 24.3 Å². The Balaban J connectivity index is 1.97. The summed E-state index contributed by atoms with van der Waals surface area (Å²) in [6, 6.07) is 1.93. The first-order chi connectivity index (χ1) is 10.0. The van der Waals surface area contributed by atoms with Crippen molar-refractivity contribution in [1.29, 1.82) is 0 Å². The first kappa shape index (κ1) is 16.2. The third-order valence-electron chi connectivity index (χ3n) is 3.37. The van der Waals surface area contributed by atoms with E-state index in [1.165, 1.54) is 18.4 Å². The molecule has 1 aliphatic heterocycles. The maximum Gasteiger partial charge on any atom is 0.340 e. The van der Waals surface area contributed by atoms with Crippen LogP contribution >= 0.6 is 23.6 Å². The van der Waals surface area contributed by atoms with E-state index in [2.05, 4.69) is 10.6 Å². The van der Waals surface area contributed by atoms with Crippen molar-refractivity contribution in [2.45, 2.75) is 38.8 Å². The molecular weight excluding hydrogens is 308 g/mol. The van der Waals surface area contributed by atoms with Gasteiger partial charge in [0.2, 0.25) is 0 Å². The lowest BCUT2D eigenvalue weighted by molar-refractivity contribution is 0.0602. The summed E-state index contributed by atoms with van der Waals surface area (Å²) in [5, 5.41) is 7.49. The van der Waals surface area contributed by atoms with Gasteiger partial charge in [-0.05, 0) is 45.0 Å². The van der Waals surface area contributed by atoms with Gasteiger partial charge in [0.1, 0.15) is 5.00 Å². The maximum atomic E-state index is 11.7. The summed E-state index contributed by atoms with van der Waals surface area (Å²) in [5.74, 6) is -0.364. The Kier molecular flexibility index (Phi) is 5.55. The van der Waals surface area contributed by atoms with Crippen LogP contribution in [0, 0.1) is 6.92 Å². The van der Waals surface area contributed by atoms with Crippen molar-refractivity contribution in [3.05, 3.63) is 16.5 Å². The van der Waals surface area contributed by atoms with E-state index in [4.69, 9.17) is 21.7 Å². The molecule has 1 fully saturated rings. The highest BCUT2D eigenvalue weighted by atomic mass is 32.1. The number of carbonyl (C=O) groups is 1. The molecule has 7 heteroatoms. The molecule has 2 N–H and O–H groups in total. The summed E-state index contributed by atoms with van der Waals surface area (Å²) in [4.78, 5) is 12.7. The number of hydrogen-bond acceptors (Lipinski definition) is 5. The van der Waals surface area contributed by atoms with E-state index in [1.807, 2.05) is 13.8 Å². The molecule has 0 amide bonds. The lowest BCUT2D eigenvalue weighted by Crippen LogP contribution is -2.42. The molecule has 2 rings (SSSR count). The van der Waals surface area contributed by atoms with Crippen LogP contribution in [0.2, 0.25) is 0 Å². The molecule has 21 heavy (non-hydrogen) atoms. The number of esters is 1. The maximum absolute atomic E-state index is 11.7. The van der Waals surface area contributed by atoms with Crippen molar-refractivity contribution in [2.24, 2.45) is 0 Å². The number of aryl methyl sites for hydroxylation is 1. The summed E-state index contributed by atoms with van der Waals surface area (Å²) in [6.45, 7) is 4.80. The second kappa shape index (κ2) is 7.20. The average molecular weight is 328 g/mol. The molecule has 1 saturated heterocycles. The van der Waals surface area contributed by atoms with Crippen LogP contribution in [0.5, 0.6) is 0 Å². The Morgan fingerprint density at radius 3 is 3.00 bits per heavy atom. The fraction of sp³-hybridized carbons (Fsp3) is 0.571. The van der Waals surface area contributed by atoms with Crippen LogP contribution in [-0.4, -0.2) is 36.9 Å². The number of hydrogen-bond donors (Lipinski definition) is 2. The number of ether oxygens (including phenoxy) is 2. The second-order valence-electron chi connectivity index (χ2n) is 5.03. The quantitative estimate of drug-likeness (QED) is 0.655. The van der Waals surface area contributed by atoms with Gasteiger partial charge >= 0.3 is 5.97 Å². The molecule has 2 unspecified atom stereocenters. The number of rotatable bonds is 4. The van der Waals surface area contributed by atoms with E-state index >= 15 is 0 Å². The molecule has 0 aliphatic carbocycles. The Morgan fingerprint density at radius 2 is 2.38 bits per heavy atom. The van der Waals surface area contributed by atoms with E-state index in [9.17, 15) is 4.79 Å². The van der Waals surface area contributed by atoms with Gasteiger partial charge in [0, 0.05) is 11.5 Å². The largest absolute Gasteiger partial charge is 0.465 e. The molecule has 0 aromatic carbocycles. The highest BCUT2D eigenvalue weighted by Gasteiger charge is 2.23. The van der Waals surface area contributed by atoms with Gasteiger partial charge in [-0.2, -0.15) is 0 Å². The fourth-order valence-electron chi connectivity index (χ4n) is 2.30. The summed E-state index contributed by atoms with van der Waals surface area (Å²) >= 11 is 6.79. The van der Waals surface area contributed by atoms with Crippen molar-refractivity contribution in [2.75, 3.05) is 19.0 Å². The minimum atomic E-state index is -0.364. The van der Waals surface area contributed by atoms with Crippen LogP contribution in [0.25, 0.3) is 0 Å². The lowest BCUT2D eigenvalue weighted by Gasteiger charge is -2.21. The van der Waals surface area contributed by atoms with Crippen LogP contribution in [-0.2, 0) is 9.47 Å². The molecule has 1 aromatic rings. The Morgan fingerprint density at radius 1 is 1.62 bits per heavy atom. The molecule has 0 spiro atoms. The predicted molar refractivity (Wildman–Crippen MR) is 88.2 cm³/mol. The number of thiophene rings is 1. The van der Waals surface area contributed by atoms with E-state index in [1.54, 1.807) is 6.07 Å². The van der Waals surface area contributed by atoms with E-state index < -0.39 is 0 Å². The number of methoxy groups -OCH3 is 1. The van der Waals surface area contributed by atoms with Crippen molar-refractivity contribution >= 4 is 39.6 Å². The smallest absolute Gasteiger partial charge is 0.340 e. The lowest BCUT2D eigenvalue weighted by atomic mass is 10.1. The first-order valence-electron chi connectivity index (χ1n) is 6.89. The van der Waals surface area contributed by atoms with Crippen molar-refractivity contribution in [1.82, 2.24) is 5.32 Å². The van der Waals surface area contributed by atoms with Gasteiger partial charge in [-0.3, -0.25) is 0 Å². The zero-order chi connectivity index (χ0) is 15.4. The van der Waals surface area contributed by atoms with Crippen LogP contribution in [0.1, 0.15) is 35.0 Å². The topological polar surface area (TPSA) is 59.6 Å². The summed E-state index contributed by atoms with van der Waals surface area (Å²) in [6.07, 6.45) is 2.32. The van der Waals surface area contributed by atoms with Crippen LogP contribution in [0.3, 0.4) is 0 Å². The van der Waals surface area contributed by atoms with Gasteiger partial charge in [0.05, 0.1) is 24.8 Å².